The number of hydrazone groups is 1. The van der Waals surface area contributed by atoms with Crippen molar-refractivity contribution >= 4 is 27.3 Å². The summed E-state index contributed by atoms with van der Waals surface area (Å²) in [7, 11) is -4.01. The minimum atomic E-state index is -4.01. The second kappa shape index (κ2) is 10.4. The fourth-order valence-electron chi connectivity index (χ4n) is 3.87. The molecule has 0 spiro atoms. The topological polar surface area (TPSA) is 97.3 Å². The number of rotatable bonds is 7. The first-order valence-electron chi connectivity index (χ1n) is 11.5. The van der Waals surface area contributed by atoms with E-state index in [1.165, 1.54) is 0 Å². The van der Waals surface area contributed by atoms with Crippen LogP contribution in [0.3, 0.4) is 0 Å². The van der Waals surface area contributed by atoms with Crippen LogP contribution in [0.25, 0.3) is 0 Å². The van der Waals surface area contributed by atoms with Crippen LogP contribution in [0.5, 0.6) is 11.5 Å². The van der Waals surface area contributed by atoms with Crippen LogP contribution in [0.2, 0.25) is 0 Å². The van der Waals surface area contributed by atoms with E-state index in [4.69, 9.17) is 9.47 Å². The maximum Gasteiger partial charge on any atom is 0.264 e. The molecule has 0 aromatic heterocycles. The average Bonchev–Trinajstić information content (AvgIpc) is 2.86. The molecule has 1 aliphatic heterocycles. The van der Waals surface area contributed by atoms with Gasteiger partial charge < -0.3 is 9.47 Å². The number of nitrogens with zero attached hydrogens (tertiary/aromatic N) is 2. The lowest BCUT2D eigenvalue weighted by Crippen LogP contribution is -2.40. The molecule has 0 atom stereocenters. The zero-order valence-corrected chi connectivity index (χ0v) is 21.6. The standard InChI is InChI=1S/C27H29N3O5S/c1-18-5-9-23(10-6-18)36(32,33)30(24-11-7-19(2)15-20(24)3)17-27(31)29-28-21(4)22-8-12-25-26(16-22)35-14-13-34-25/h5-12,15-16H,13-14,17H2,1-4H3,(H,29,31)/b28-21-. The number of nitrogens with one attached hydrogen (secondary N) is 1. The number of carbonyl (C=O) groups excluding carboxylic acids is 1. The Hall–Kier alpha value is -3.85. The molecule has 0 radical (unpaired) electrons. The second-order valence-corrected chi connectivity index (χ2v) is 10.6. The molecule has 1 amide bonds. The van der Waals surface area contributed by atoms with Crippen LogP contribution in [-0.4, -0.2) is 39.8 Å². The van der Waals surface area contributed by atoms with Gasteiger partial charge in [-0.1, -0.05) is 35.4 Å². The summed E-state index contributed by atoms with van der Waals surface area (Å²) in [6.07, 6.45) is 0. The summed E-state index contributed by atoms with van der Waals surface area (Å²) in [4.78, 5) is 13.0. The second-order valence-electron chi connectivity index (χ2n) is 8.71. The van der Waals surface area contributed by atoms with E-state index in [1.807, 2.05) is 39.0 Å². The molecule has 1 aliphatic rings. The molecule has 4 rings (SSSR count). The van der Waals surface area contributed by atoms with E-state index in [2.05, 4.69) is 10.5 Å². The Bertz CT molecular complexity index is 1420. The zero-order chi connectivity index (χ0) is 25.9. The Morgan fingerprint density at radius 3 is 2.28 bits per heavy atom. The molecule has 0 aliphatic carbocycles. The fraction of sp³-hybridized carbons (Fsp3) is 0.259. The molecule has 0 unspecified atom stereocenters. The third kappa shape index (κ3) is 5.52. The van der Waals surface area contributed by atoms with E-state index < -0.39 is 22.5 Å². The van der Waals surface area contributed by atoms with E-state index in [0.717, 1.165) is 26.6 Å². The van der Waals surface area contributed by atoms with Gasteiger partial charge in [0.05, 0.1) is 16.3 Å². The van der Waals surface area contributed by atoms with E-state index >= 15 is 0 Å². The first-order valence-corrected chi connectivity index (χ1v) is 13.0. The smallest absolute Gasteiger partial charge is 0.264 e. The fourth-order valence-corrected chi connectivity index (χ4v) is 5.35. The van der Waals surface area contributed by atoms with Gasteiger partial charge in [-0.15, -0.1) is 0 Å². The van der Waals surface area contributed by atoms with Crippen LogP contribution >= 0.6 is 0 Å². The Morgan fingerprint density at radius 1 is 0.917 bits per heavy atom. The Labute approximate surface area is 211 Å². The van der Waals surface area contributed by atoms with Gasteiger partial charge in [0.1, 0.15) is 19.8 Å². The van der Waals surface area contributed by atoms with Crippen molar-refractivity contribution in [2.45, 2.75) is 32.6 Å². The zero-order valence-electron chi connectivity index (χ0n) is 20.7. The van der Waals surface area contributed by atoms with Gasteiger partial charge >= 0.3 is 0 Å². The van der Waals surface area contributed by atoms with Gasteiger partial charge in [0.15, 0.2) is 11.5 Å². The highest BCUT2D eigenvalue weighted by Crippen LogP contribution is 2.31. The molecule has 1 heterocycles. The van der Waals surface area contributed by atoms with Crippen molar-refractivity contribution in [1.82, 2.24) is 5.43 Å². The number of ether oxygens (including phenoxy) is 2. The number of hydrogen-bond donors (Lipinski definition) is 1. The molecule has 3 aromatic rings. The molecule has 3 aromatic carbocycles. The van der Waals surface area contributed by atoms with E-state index in [-0.39, 0.29) is 4.90 Å². The highest BCUT2D eigenvalue weighted by atomic mass is 32.2. The number of sulfonamides is 1. The molecule has 1 N–H and O–H groups in total. The summed E-state index contributed by atoms with van der Waals surface area (Å²) in [6.45, 7) is 7.91. The molecule has 8 nitrogen and oxygen atoms in total. The molecule has 0 saturated heterocycles. The Kier molecular flexibility index (Phi) is 7.30. The van der Waals surface area contributed by atoms with Gasteiger partial charge in [-0.25, -0.2) is 13.8 Å². The number of aryl methyl sites for hydroxylation is 3. The van der Waals surface area contributed by atoms with Crippen molar-refractivity contribution in [2.24, 2.45) is 5.10 Å². The van der Waals surface area contributed by atoms with Crippen molar-refractivity contribution in [2.75, 3.05) is 24.1 Å². The van der Waals surface area contributed by atoms with Crippen molar-refractivity contribution in [3.05, 3.63) is 82.9 Å². The van der Waals surface area contributed by atoms with Crippen molar-refractivity contribution in [3.63, 3.8) is 0 Å². The molecule has 188 valence electrons. The summed E-state index contributed by atoms with van der Waals surface area (Å²) in [5, 5.41) is 4.19. The Morgan fingerprint density at radius 2 is 1.58 bits per heavy atom. The number of hydrogen-bond acceptors (Lipinski definition) is 6. The minimum Gasteiger partial charge on any atom is -0.486 e. The van der Waals surface area contributed by atoms with Crippen molar-refractivity contribution in [1.29, 1.82) is 0 Å². The summed E-state index contributed by atoms with van der Waals surface area (Å²) in [5.41, 5.74) is 6.90. The highest BCUT2D eigenvalue weighted by molar-refractivity contribution is 7.92. The predicted molar refractivity (Wildman–Crippen MR) is 139 cm³/mol. The van der Waals surface area contributed by atoms with Gasteiger partial charge in [-0.3, -0.25) is 9.10 Å². The maximum absolute atomic E-state index is 13.6. The number of fused-ring (bicyclic) bond motifs is 1. The summed E-state index contributed by atoms with van der Waals surface area (Å²) in [5.74, 6) is 0.708. The normalized spacial score (nSPS) is 13.3. The van der Waals surface area contributed by atoms with Gasteiger partial charge in [0.25, 0.3) is 15.9 Å². The predicted octanol–water partition coefficient (Wildman–Crippen LogP) is 4.12. The number of amides is 1. The van der Waals surface area contributed by atoms with Crippen LogP contribution in [0.4, 0.5) is 5.69 Å². The number of carbonyl (C=O) groups is 1. The first-order chi connectivity index (χ1) is 17.1. The van der Waals surface area contributed by atoms with E-state index in [1.54, 1.807) is 49.4 Å². The van der Waals surface area contributed by atoms with Gasteiger partial charge in [0, 0.05) is 5.56 Å². The third-order valence-corrected chi connectivity index (χ3v) is 7.60. The van der Waals surface area contributed by atoms with Gasteiger partial charge in [-0.05, 0) is 69.7 Å². The van der Waals surface area contributed by atoms with Crippen LogP contribution in [0.15, 0.2) is 70.7 Å². The lowest BCUT2D eigenvalue weighted by molar-refractivity contribution is -0.119. The summed E-state index contributed by atoms with van der Waals surface area (Å²) in [6, 6.07) is 17.4. The molecular formula is C27H29N3O5S. The monoisotopic (exact) mass is 507 g/mol. The van der Waals surface area contributed by atoms with Crippen LogP contribution < -0.4 is 19.2 Å². The van der Waals surface area contributed by atoms with Crippen LogP contribution in [0.1, 0.15) is 29.2 Å². The summed E-state index contributed by atoms with van der Waals surface area (Å²) >= 11 is 0. The molecule has 0 fully saturated rings. The SMILES string of the molecule is C/C(=N/NC(=O)CN(c1ccc(C)cc1C)S(=O)(=O)c1ccc(C)cc1)c1ccc2c(c1)OCCO2. The molecule has 36 heavy (non-hydrogen) atoms. The van der Waals surface area contributed by atoms with Crippen LogP contribution in [-0.2, 0) is 14.8 Å². The lowest BCUT2D eigenvalue weighted by atomic mass is 10.1. The van der Waals surface area contributed by atoms with E-state index in [0.29, 0.717) is 36.1 Å². The average molecular weight is 508 g/mol. The molecule has 9 heteroatoms. The van der Waals surface area contributed by atoms with E-state index in [9.17, 15) is 13.2 Å². The molecule has 0 saturated carbocycles. The summed E-state index contributed by atoms with van der Waals surface area (Å²) < 4.78 is 39.5. The Balaban J connectivity index is 1.59. The van der Waals surface area contributed by atoms with Crippen molar-refractivity contribution in [3.8, 4) is 11.5 Å². The van der Waals surface area contributed by atoms with Crippen LogP contribution in [0, 0.1) is 20.8 Å². The molecular weight excluding hydrogens is 478 g/mol. The van der Waals surface area contributed by atoms with Crippen molar-refractivity contribution < 1.29 is 22.7 Å². The molecule has 0 bridgehead atoms. The van der Waals surface area contributed by atoms with Gasteiger partial charge in [-0.2, -0.15) is 5.10 Å². The number of anilines is 1. The maximum atomic E-state index is 13.6. The minimum absolute atomic E-state index is 0.108. The lowest BCUT2D eigenvalue weighted by Gasteiger charge is -2.25. The highest BCUT2D eigenvalue weighted by Gasteiger charge is 2.28. The largest absolute Gasteiger partial charge is 0.486 e. The number of benzene rings is 3. The third-order valence-electron chi connectivity index (χ3n) is 5.83. The first kappa shape index (κ1) is 25.2. The van der Waals surface area contributed by atoms with Gasteiger partial charge in [0.2, 0.25) is 0 Å². The quantitative estimate of drug-likeness (QED) is 0.383.